The van der Waals surface area contributed by atoms with Gasteiger partial charge in [0.05, 0.1) is 25.7 Å². The van der Waals surface area contributed by atoms with Crippen LogP contribution in [-0.2, 0) is 9.59 Å². The van der Waals surface area contributed by atoms with Gasteiger partial charge in [0.1, 0.15) is 12.3 Å². The zero-order valence-corrected chi connectivity index (χ0v) is 18.5. The summed E-state index contributed by atoms with van der Waals surface area (Å²) >= 11 is 0.721. The monoisotopic (exact) mass is 458 g/mol. The number of rotatable bonds is 8. The van der Waals surface area contributed by atoms with Gasteiger partial charge >= 0.3 is 0 Å². The molecule has 0 spiro atoms. The number of aromatic hydroxyl groups is 1. The van der Waals surface area contributed by atoms with Crippen LogP contribution in [0.2, 0.25) is 0 Å². The van der Waals surface area contributed by atoms with Crippen molar-refractivity contribution in [1.29, 1.82) is 0 Å². The molecule has 2 aromatic rings. The maximum absolute atomic E-state index is 12.7. The quantitative estimate of drug-likeness (QED) is 0.578. The van der Waals surface area contributed by atoms with E-state index >= 15 is 0 Å². The number of phenols is 1. The molecule has 0 bridgehead atoms. The van der Waals surface area contributed by atoms with Crippen LogP contribution in [0, 0.1) is 0 Å². The van der Waals surface area contributed by atoms with Gasteiger partial charge in [-0.2, -0.15) is 0 Å². The third-order valence-electron chi connectivity index (χ3n) is 4.42. The van der Waals surface area contributed by atoms with Gasteiger partial charge in [0.15, 0.2) is 11.5 Å². The highest BCUT2D eigenvalue weighted by atomic mass is 32.2. The average molecular weight is 458 g/mol. The van der Waals surface area contributed by atoms with Crippen molar-refractivity contribution in [1.82, 2.24) is 4.90 Å². The Balaban J connectivity index is 1.71. The molecule has 0 aromatic heterocycles. The first-order valence-electron chi connectivity index (χ1n) is 9.59. The Morgan fingerprint density at radius 3 is 2.31 bits per heavy atom. The number of carbonyl (C=O) groups excluding carboxylic acids is 3. The minimum absolute atomic E-state index is 0.138. The number of hydrogen-bond donors (Lipinski definition) is 2. The molecule has 10 heteroatoms. The highest BCUT2D eigenvalue weighted by Gasteiger charge is 2.36. The summed E-state index contributed by atoms with van der Waals surface area (Å²) in [5.41, 5.74) is 1.00. The smallest absolute Gasteiger partial charge is 0.294 e. The molecule has 1 saturated heterocycles. The van der Waals surface area contributed by atoms with Crippen LogP contribution in [-0.4, -0.2) is 54.4 Å². The van der Waals surface area contributed by atoms with Crippen molar-refractivity contribution >= 4 is 40.6 Å². The van der Waals surface area contributed by atoms with Crippen molar-refractivity contribution in [2.45, 2.75) is 6.92 Å². The van der Waals surface area contributed by atoms with Crippen molar-refractivity contribution < 1.29 is 33.7 Å². The van der Waals surface area contributed by atoms with Gasteiger partial charge in [0.2, 0.25) is 11.7 Å². The molecule has 9 nitrogen and oxygen atoms in total. The molecule has 0 radical (unpaired) electrons. The minimum atomic E-state index is -0.590. The summed E-state index contributed by atoms with van der Waals surface area (Å²) in [7, 11) is 2.77. The second kappa shape index (κ2) is 10.1. The van der Waals surface area contributed by atoms with E-state index in [1.807, 2.05) is 6.92 Å². The number of imide groups is 1. The van der Waals surface area contributed by atoms with E-state index < -0.39 is 23.6 Å². The van der Waals surface area contributed by atoms with Gasteiger partial charge in [0.25, 0.3) is 11.1 Å². The fourth-order valence-corrected chi connectivity index (χ4v) is 3.77. The zero-order valence-electron chi connectivity index (χ0n) is 17.7. The molecule has 0 aliphatic carbocycles. The van der Waals surface area contributed by atoms with Crippen LogP contribution in [0.5, 0.6) is 23.0 Å². The normalized spacial score (nSPS) is 14.6. The van der Waals surface area contributed by atoms with Gasteiger partial charge in [-0.1, -0.05) is 0 Å². The molecule has 32 heavy (non-hydrogen) atoms. The van der Waals surface area contributed by atoms with E-state index in [0.29, 0.717) is 23.6 Å². The third-order valence-corrected chi connectivity index (χ3v) is 5.33. The summed E-state index contributed by atoms with van der Waals surface area (Å²) in [5.74, 6) is -0.289. The Morgan fingerprint density at radius 1 is 1.12 bits per heavy atom. The topological polar surface area (TPSA) is 114 Å². The maximum Gasteiger partial charge on any atom is 0.294 e. The van der Waals surface area contributed by atoms with Crippen molar-refractivity contribution in [3.63, 3.8) is 0 Å². The number of anilines is 1. The van der Waals surface area contributed by atoms with E-state index in [2.05, 4.69) is 5.32 Å². The molecule has 1 heterocycles. The van der Waals surface area contributed by atoms with Gasteiger partial charge in [-0.05, 0) is 66.7 Å². The summed E-state index contributed by atoms with van der Waals surface area (Å²) in [6, 6.07) is 9.77. The number of ether oxygens (including phenoxy) is 3. The van der Waals surface area contributed by atoms with Crippen molar-refractivity contribution in [2.75, 3.05) is 32.7 Å². The van der Waals surface area contributed by atoms with Gasteiger partial charge in [-0.15, -0.1) is 0 Å². The molecule has 0 saturated carbocycles. The van der Waals surface area contributed by atoms with Crippen molar-refractivity contribution in [3.8, 4) is 23.0 Å². The molecule has 2 aromatic carbocycles. The van der Waals surface area contributed by atoms with E-state index in [9.17, 15) is 19.5 Å². The molecule has 168 valence electrons. The molecule has 2 N–H and O–H groups in total. The van der Waals surface area contributed by atoms with Crippen LogP contribution in [0.15, 0.2) is 41.3 Å². The second-order valence-corrected chi connectivity index (χ2v) is 7.54. The SMILES string of the molecule is CCOc1ccc(NC(=O)CN2C(=O)S/C(=C/c3cc(OC)c(O)c(OC)c3)C2=O)cc1. The van der Waals surface area contributed by atoms with E-state index in [0.717, 1.165) is 16.7 Å². The van der Waals surface area contributed by atoms with E-state index in [1.54, 1.807) is 24.3 Å². The number of hydrogen-bond acceptors (Lipinski definition) is 8. The van der Waals surface area contributed by atoms with Crippen LogP contribution < -0.4 is 19.5 Å². The Hall–Kier alpha value is -3.66. The summed E-state index contributed by atoms with van der Waals surface area (Å²) in [6.45, 7) is 1.98. The standard InChI is InChI=1S/C22H22N2O7S/c1-4-31-15-7-5-14(6-8-15)23-19(25)12-24-21(27)18(32-22(24)28)11-13-9-16(29-2)20(26)17(10-13)30-3/h5-11,26H,4,12H2,1-3H3,(H,23,25)/b18-11+. The molecular formula is C22H22N2O7S. The molecule has 1 aliphatic rings. The van der Waals surface area contributed by atoms with E-state index in [1.165, 1.54) is 32.4 Å². The number of amides is 3. The first-order valence-corrected chi connectivity index (χ1v) is 10.4. The molecule has 0 unspecified atom stereocenters. The van der Waals surface area contributed by atoms with Gasteiger partial charge < -0.3 is 24.6 Å². The summed E-state index contributed by atoms with van der Waals surface area (Å²) in [5, 5.41) is 12.1. The lowest BCUT2D eigenvalue weighted by Crippen LogP contribution is -2.36. The number of nitrogens with one attached hydrogen (secondary N) is 1. The van der Waals surface area contributed by atoms with Crippen molar-refractivity contribution in [3.05, 3.63) is 46.9 Å². The highest BCUT2D eigenvalue weighted by Crippen LogP contribution is 2.39. The number of carbonyl (C=O) groups is 3. The fraction of sp³-hybridized carbons (Fsp3) is 0.227. The summed E-state index contributed by atoms with van der Waals surface area (Å²) in [4.78, 5) is 38.4. The molecule has 3 amide bonds. The van der Waals surface area contributed by atoms with Crippen LogP contribution in [0.4, 0.5) is 10.5 Å². The molecule has 1 fully saturated rings. The summed E-state index contributed by atoms with van der Waals surface area (Å²) in [6.07, 6.45) is 1.47. The molecular weight excluding hydrogens is 436 g/mol. The first kappa shape index (κ1) is 23.0. The molecule has 3 rings (SSSR count). The van der Waals surface area contributed by atoms with Crippen LogP contribution >= 0.6 is 11.8 Å². The molecule has 0 atom stereocenters. The second-order valence-electron chi connectivity index (χ2n) is 6.55. The number of nitrogens with zero attached hydrogens (tertiary/aromatic N) is 1. The number of phenolic OH excluding ortho intramolecular Hbond substituents is 1. The predicted molar refractivity (Wildman–Crippen MR) is 120 cm³/mol. The summed E-state index contributed by atoms with van der Waals surface area (Å²) < 4.78 is 15.6. The third kappa shape index (κ3) is 5.14. The first-order chi connectivity index (χ1) is 15.4. The fourth-order valence-electron chi connectivity index (χ4n) is 2.93. The Morgan fingerprint density at radius 2 is 1.75 bits per heavy atom. The van der Waals surface area contributed by atoms with Crippen LogP contribution in [0.3, 0.4) is 0 Å². The van der Waals surface area contributed by atoms with Gasteiger partial charge in [0, 0.05) is 5.69 Å². The number of thioether (sulfide) groups is 1. The predicted octanol–water partition coefficient (Wildman–Crippen LogP) is 3.48. The average Bonchev–Trinajstić information content (AvgIpc) is 3.03. The van der Waals surface area contributed by atoms with Gasteiger partial charge in [-0.25, -0.2) is 0 Å². The lowest BCUT2D eigenvalue weighted by atomic mass is 10.1. The Bertz CT molecular complexity index is 1040. The van der Waals surface area contributed by atoms with E-state index in [-0.39, 0.29) is 22.2 Å². The number of methoxy groups -OCH3 is 2. The lowest BCUT2D eigenvalue weighted by molar-refractivity contribution is -0.127. The van der Waals surface area contributed by atoms with E-state index in [4.69, 9.17) is 14.2 Å². The van der Waals surface area contributed by atoms with Gasteiger partial charge in [-0.3, -0.25) is 19.3 Å². The lowest BCUT2D eigenvalue weighted by Gasteiger charge is -2.13. The van der Waals surface area contributed by atoms with Crippen molar-refractivity contribution in [2.24, 2.45) is 0 Å². The highest BCUT2D eigenvalue weighted by molar-refractivity contribution is 8.18. The van der Waals surface area contributed by atoms with Crippen LogP contribution in [0.25, 0.3) is 6.08 Å². The largest absolute Gasteiger partial charge is 0.502 e. The van der Waals surface area contributed by atoms with Crippen LogP contribution in [0.1, 0.15) is 12.5 Å². The zero-order chi connectivity index (χ0) is 23.3. The number of benzene rings is 2. The maximum atomic E-state index is 12.7. The Kier molecular flexibility index (Phi) is 7.26. The Labute approximate surface area is 188 Å². The molecule has 1 aliphatic heterocycles. The minimum Gasteiger partial charge on any atom is -0.502 e.